The lowest BCUT2D eigenvalue weighted by atomic mass is 10.2. The maximum absolute atomic E-state index is 12.6. The fraction of sp³-hybridized carbons (Fsp3) is 0.417. The summed E-state index contributed by atoms with van der Waals surface area (Å²) in [5, 5.41) is 8.83. The van der Waals surface area contributed by atoms with Crippen LogP contribution in [0.3, 0.4) is 0 Å². The Morgan fingerprint density at radius 1 is 1.38 bits per heavy atom. The number of sulfonamides is 1. The highest BCUT2D eigenvalue weighted by atomic mass is 35.5. The standard InChI is InChI=1S/C12H13Cl2NO5S/c1-7-6-15(2-3-20-7)21(18,19)11-4-8(12(16)17)9(13)5-10(11)14/h4-5,7H,2-3,6H2,1H3,(H,16,17)/t7-/m0/s1. The van der Waals surface area contributed by atoms with E-state index >= 15 is 0 Å². The van der Waals surface area contributed by atoms with Gasteiger partial charge in [-0.1, -0.05) is 23.2 Å². The summed E-state index contributed by atoms with van der Waals surface area (Å²) in [6, 6.07) is 2.12. The first kappa shape index (κ1) is 16.5. The lowest BCUT2D eigenvalue weighted by Gasteiger charge is -2.30. The molecule has 6 nitrogen and oxygen atoms in total. The van der Waals surface area contributed by atoms with Crippen LogP contribution in [0.1, 0.15) is 17.3 Å². The Kier molecular flexibility index (Phi) is 4.79. The number of ether oxygens (including phenoxy) is 1. The van der Waals surface area contributed by atoms with E-state index in [0.29, 0.717) is 0 Å². The number of halogens is 2. The van der Waals surface area contributed by atoms with Crippen molar-refractivity contribution in [2.24, 2.45) is 0 Å². The Morgan fingerprint density at radius 3 is 2.62 bits per heavy atom. The number of aromatic carboxylic acids is 1. The van der Waals surface area contributed by atoms with E-state index in [1.54, 1.807) is 6.92 Å². The number of carboxylic acid groups (broad SMARTS) is 1. The molecule has 1 saturated heterocycles. The summed E-state index contributed by atoms with van der Waals surface area (Å²) in [4.78, 5) is 10.8. The number of carboxylic acids is 1. The molecule has 1 N–H and O–H groups in total. The van der Waals surface area contributed by atoms with Crippen molar-refractivity contribution in [3.05, 3.63) is 27.7 Å². The van der Waals surface area contributed by atoms with Gasteiger partial charge in [0.25, 0.3) is 0 Å². The van der Waals surface area contributed by atoms with Crippen LogP contribution in [0, 0.1) is 0 Å². The highest BCUT2D eigenvalue weighted by Gasteiger charge is 2.32. The molecule has 0 bridgehead atoms. The first-order valence-electron chi connectivity index (χ1n) is 6.07. The molecule has 0 aromatic heterocycles. The number of nitrogens with zero attached hydrogens (tertiary/aromatic N) is 1. The molecule has 9 heteroatoms. The zero-order valence-electron chi connectivity index (χ0n) is 11.0. The van der Waals surface area contributed by atoms with Gasteiger partial charge in [-0.25, -0.2) is 13.2 Å². The molecular weight excluding hydrogens is 341 g/mol. The predicted molar refractivity (Wildman–Crippen MR) is 77.6 cm³/mol. The van der Waals surface area contributed by atoms with Crippen LogP contribution >= 0.6 is 23.2 Å². The number of benzene rings is 1. The normalized spacial score (nSPS) is 20.4. The summed E-state index contributed by atoms with van der Waals surface area (Å²) in [6.07, 6.45) is -0.237. The number of hydrogen-bond donors (Lipinski definition) is 1. The van der Waals surface area contributed by atoms with Gasteiger partial charge in [0, 0.05) is 13.1 Å². The Balaban J connectivity index is 2.49. The van der Waals surface area contributed by atoms with Crippen molar-refractivity contribution in [2.75, 3.05) is 19.7 Å². The Hall–Kier alpha value is -0.860. The highest BCUT2D eigenvalue weighted by Crippen LogP contribution is 2.31. The maximum Gasteiger partial charge on any atom is 0.337 e. The third kappa shape index (κ3) is 3.32. The van der Waals surface area contributed by atoms with Crippen LogP contribution in [0.25, 0.3) is 0 Å². The fourth-order valence-electron chi connectivity index (χ4n) is 2.03. The molecule has 1 heterocycles. The van der Waals surface area contributed by atoms with Crippen LogP contribution in [0.4, 0.5) is 0 Å². The second-order valence-electron chi connectivity index (χ2n) is 4.61. The Labute approximate surface area is 132 Å². The van der Waals surface area contributed by atoms with Gasteiger partial charge in [-0.2, -0.15) is 4.31 Å². The lowest BCUT2D eigenvalue weighted by Crippen LogP contribution is -2.44. The van der Waals surface area contributed by atoms with E-state index < -0.39 is 16.0 Å². The molecule has 1 fully saturated rings. The van der Waals surface area contributed by atoms with Crippen molar-refractivity contribution >= 4 is 39.2 Å². The molecule has 1 aliphatic rings. The van der Waals surface area contributed by atoms with E-state index in [1.807, 2.05) is 0 Å². The molecule has 1 aromatic rings. The van der Waals surface area contributed by atoms with E-state index in [1.165, 1.54) is 4.31 Å². The Morgan fingerprint density at radius 2 is 2.05 bits per heavy atom. The molecule has 1 aliphatic heterocycles. The van der Waals surface area contributed by atoms with Gasteiger partial charge < -0.3 is 9.84 Å². The first-order chi connectivity index (χ1) is 9.73. The van der Waals surface area contributed by atoms with Crippen molar-refractivity contribution in [3.63, 3.8) is 0 Å². The van der Waals surface area contributed by atoms with Crippen LogP contribution in [-0.2, 0) is 14.8 Å². The minimum atomic E-state index is -3.90. The minimum Gasteiger partial charge on any atom is -0.478 e. The zero-order valence-corrected chi connectivity index (χ0v) is 13.4. The highest BCUT2D eigenvalue weighted by molar-refractivity contribution is 7.89. The third-order valence-electron chi connectivity index (χ3n) is 3.07. The molecular formula is C12H13Cl2NO5S. The topological polar surface area (TPSA) is 83.9 Å². The summed E-state index contributed by atoms with van der Waals surface area (Å²) in [6.45, 7) is 2.41. The third-order valence-corrected chi connectivity index (χ3v) is 5.72. The van der Waals surface area contributed by atoms with Gasteiger partial charge in [-0.05, 0) is 19.1 Å². The van der Waals surface area contributed by atoms with Gasteiger partial charge in [0.15, 0.2) is 0 Å². The van der Waals surface area contributed by atoms with Gasteiger partial charge in [-0.3, -0.25) is 0 Å². The summed E-state index contributed by atoms with van der Waals surface area (Å²) >= 11 is 11.7. The van der Waals surface area contributed by atoms with E-state index in [4.69, 9.17) is 33.0 Å². The monoisotopic (exact) mass is 353 g/mol. The van der Waals surface area contributed by atoms with Crippen molar-refractivity contribution in [1.29, 1.82) is 0 Å². The van der Waals surface area contributed by atoms with E-state index in [0.717, 1.165) is 12.1 Å². The van der Waals surface area contributed by atoms with Crippen LogP contribution in [0.15, 0.2) is 17.0 Å². The average molecular weight is 354 g/mol. The largest absolute Gasteiger partial charge is 0.478 e. The van der Waals surface area contributed by atoms with E-state index in [-0.39, 0.29) is 46.3 Å². The van der Waals surface area contributed by atoms with E-state index in [2.05, 4.69) is 0 Å². The second-order valence-corrected chi connectivity index (χ2v) is 7.33. The second kappa shape index (κ2) is 6.10. The predicted octanol–water partition coefficient (Wildman–Crippen LogP) is 2.10. The number of hydrogen-bond acceptors (Lipinski definition) is 4. The quantitative estimate of drug-likeness (QED) is 0.899. The number of rotatable bonds is 3. The molecule has 0 radical (unpaired) electrons. The van der Waals surface area contributed by atoms with E-state index in [9.17, 15) is 13.2 Å². The smallest absolute Gasteiger partial charge is 0.337 e. The molecule has 116 valence electrons. The van der Waals surface area contributed by atoms with Crippen LogP contribution in [0.2, 0.25) is 10.0 Å². The molecule has 21 heavy (non-hydrogen) atoms. The molecule has 2 rings (SSSR count). The summed E-state index contributed by atoms with van der Waals surface area (Å²) < 4.78 is 31.7. The van der Waals surface area contributed by atoms with Crippen molar-refractivity contribution in [3.8, 4) is 0 Å². The van der Waals surface area contributed by atoms with Gasteiger partial charge in [0.1, 0.15) is 4.90 Å². The average Bonchev–Trinajstić information content (AvgIpc) is 2.37. The molecule has 0 amide bonds. The molecule has 0 unspecified atom stereocenters. The van der Waals surface area contributed by atoms with Crippen molar-refractivity contribution in [2.45, 2.75) is 17.9 Å². The molecule has 0 spiro atoms. The van der Waals surface area contributed by atoms with Crippen LogP contribution < -0.4 is 0 Å². The first-order valence-corrected chi connectivity index (χ1v) is 8.27. The van der Waals surface area contributed by atoms with Crippen LogP contribution in [0.5, 0.6) is 0 Å². The van der Waals surface area contributed by atoms with Crippen molar-refractivity contribution in [1.82, 2.24) is 4.31 Å². The summed E-state index contributed by atoms with van der Waals surface area (Å²) in [7, 11) is -3.90. The SMILES string of the molecule is C[C@H]1CN(S(=O)(=O)c2cc(C(=O)O)c(Cl)cc2Cl)CCO1. The fourth-order valence-corrected chi connectivity index (χ4v) is 4.36. The minimum absolute atomic E-state index is 0.107. The Bertz CT molecular complexity index is 676. The number of morpholine rings is 1. The molecule has 1 atom stereocenters. The lowest BCUT2D eigenvalue weighted by molar-refractivity contribution is 0.0102. The molecule has 1 aromatic carbocycles. The van der Waals surface area contributed by atoms with Gasteiger partial charge in [-0.15, -0.1) is 0 Å². The van der Waals surface area contributed by atoms with Crippen molar-refractivity contribution < 1.29 is 23.1 Å². The van der Waals surface area contributed by atoms with Gasteiger partial charge in [0.2, 0.25) is 10.0 Å². The van der Waals surface area contributed by atoms with Gasteiger partial charge in [0.05, 0.1) is 28.3 Å². The molecule has 0 saturated carbocycles. The van der Waals surface area contributed by atoms with Gasteiger partial charge >= 0.3 is 5.97 Å². The molecule has 0 aliphatic carbocycles. The van der Waals surface area contributed by atoms with Crippen LogP contribution in [-0.4, -0.2) is 49.6 Å². The maximum atomic E-state index is 12.6. The number of carbonyl (C=O) groups is 1. The summed E-state index contributed by atoms with van der Waals surface area (Å²) in [5.74, 6) is -1.32. The summed E-state index contributed by atoms with van der Waals surface area (Å²) in [5.41, 5.74) is -0.305. The zero-order chi connectivity index (χ0) is 15.8.